The van der Waals surface area contributed by atoms with Crippen molar-refractivity contribution in [3.05, 3.63) is 57.6 Å². The van der Waals surface area contributed by atoms with Crippen LogP contribution in [0.1, 0.15) is 18.9 Å². The second-order valence-corrected chi connectivity index (χ2v) is 7.13. The van der Waals surface area contributed by atoms with Gasteiger partial charge in [0.1, 0.15) is 11.3 Å². The number of carbonyl (C=O) groups excluding carboxylic acids is 3. The van der Waals surface area contributed by atoms with Crippen LogP contribution in [0.25, 0.3) is 6.08 Å². The number of anilines is 1. The van der Waals surface area contributed by atoms with Crippen molar-refractivity contribution < 1.29 is 23.9 Å². The molecule has 2 aromatic rings. The molecular formula is C21H18Cl2N2O5. The maximum atomic E-state index is 12.9. The molecule has 0 spiro atoms. The lowest BCUT2D eigenvalue weighted by Crippen LogP contribution is -2.54. The van der Waals surface area contributed by atoms with E-state index in [2.05, 4.69) is 5.32 Å². The second-order valence-electron chi connectivity index (χ2n) is 6.32. The van der Waals surface area contributed by atoms with Gasteiger partial charge in [-0.2, -0.15) is 0 Å². The van der Waals surface area contributed by atoms with Crippen LogP contribution in [0.4, 0.5) is 10.5 Å². The Balaban J connectivity index is 1.96. The maximum Gasteiger partial charge on any atom is 0.335 e. The van der Waals surface area contributed by atoms with Crippen molar-refractivity contribution in [2.75, 3.05) is 18.6 Å². The van der Waals surface area contributed by atoms with Crippen LogP contribution in [-0.2, 0) is 9.59 Å². The number of ether oxygens (including phenoxy) is 2. The molecule has 156 valence electrons. The minimum absolute atomic E-state index is 0.236. The standard InChI is InChI=1S/C21H18Cl2N2O5/c1-3-8-30-18-16(22)10-12(11-17(18)23)9-15-19(26)24-21(28)25(20(15)27)13-4-6-14(29-2)7-5-13/h4-7,9-11H,3,8H2,1-2H3,(H,24,26,28)/b15-9+. The summed E-state index contributed by atoms with van der Waals surface area (Å²) in [7, 11) is 1.50. The highest BCUT2D eigenvalue weighted by Crippen LogP contribution is 2.35. The first-order valence-corrected chi connectivity index (χ1v) is 9.78. The molecule has 1 aliphatic heterocycles. The fraction of sp³-hybridized carbons (Fsp3) is 0.190. The highest BCUT2D eigenvalue weighted by Gasteiger charge is 2.36. The van der Waals surface area contributed by atoms with E-state index < -0.39 is 17.8 Å². The summed E-state index contributed by atoms with van der Waals surface area (Å²) in [6.45, 7) is 2.39. The highest BCUT2D eigenvalue weighted by atomic mass is 35.5. The number of barbiturate groups is 1. The van der Waals surface area contributed by atoms with Gasteiger partial charge in [-0.25, -0.2) is 9.69 Å². The molecule has 0 aromatic heterocycles. The number of urea groups is 1. The van der Waals surface area contributed by atoms with Crippen LogP contribution in [-0.4, -0.2) is 31.6 Å². The summed E-state index contributed by atoms with van der Waals surface area (Å²) >= 11 is 12.5. The van der Waals surface area contributed by atoms with E-state index in [4.69, 9.17) is 32.7 Å². The van der Waals surface area contributed by atoms with Crippen LogP contribution < -0.4 is 19.7 Å². The van der Waals surface area contributed by atoms with Crippen molar-refractivity contribution in [3.8, 4) is 11.5 Å². The van der Waals surface area contributed by atoms with E-state index >= 15 is 0 Å². The average Bonchev–Trinajstić information content (AvgIpc) is 2.71. The van der Waals surface area contributed by atoms with Gasteiger partial charge in [-0.1, -0.05) is 30.1 Å². The molecule has 2 aromatic carbocycles. The van der Waals surface area contributed by atoms with Crippen molar-refractivity contribution in [1.82, 2.24) is 5.32 Å². The van der Waals surface area contributed by atoms with Gasteiger partial charge < -0.3 is 9.47 Å². The van der Waals surface area contributed by atoms with Gasteiger partial charge >= 0.3 is 6.03 Å². The fourth-order valence-electron chi connectivity index (χ4n) is 2.79. The first kappa shape index (κ1) is 21.7. The number of rotatable bonds is 6. The van der Waals surface area contributed by atoms with Crippen LogP contribution >= 0.6 is 23.2 Å². The number of carbonyl (C=O) groups is 3. The van der Waals surface area contributed by atoms with E-state index in [1.165, 1.54) is 37.5 Å². The molecule has 7 nitrogen and oxygen atoms in total. The van der Waals surface area contributed by atoms with Gasteiger partial charge in [-0.15, -0.1) is 0 Å². The third-order valence-corrected chi connectivity index (χ3v) is 4.78. The minimum Gasteiger partial charge on any atom is -0.497 e. The van der Waals surface area contributed by atoms with Crippen LogP contribution in [0.5, 0.6) is 11.5 Å². The fourth-order valence-corrected chi connectivity index (χ4v) is 3.41. The molecule has 1 aliphatic rings. The van der Waals surface area contributed by atoms with E-state index in [1.54, 1.807) is 12.1 Å². The Morgan fingerprint density at radius 2 is 1.70 bits per heavy atom. The number of amides is 4. The Hall–Kier alpha value is -3.03. The van der Waals surface area contributed by atoms with E-state index in [-0.39, 0.29) is 21.3 Å². The number of benzene rings is 2. The van der Waals surface area contributed by atoms with Crippen molar-refractivity contribution in [2.45, 2.75) is 13.3 Å². The summed E-state index contributed by atoms with van der Waals surface area (Å²) in [6, 6.07) is 8.50. The van der Waals surface area contributed by atoms with E-state index in [9.17, 15) is 14.4 Å². The van der Waals surface area contributed by atoms with Crippen molar-refractivity contribution in [3.63, 3.8) is 0 Å². The zero-order valence-electron chi connectivity index (χ0n) is 16.2. The molecule has 1 N–H and O–H groups in total. The molecule has 9 heteroatoms. The summed E-state index contributed by atoms with van der Waals surface area (Å²) in [5, 5.41) is 2.65. The van der Waals surface area contributed by atoms with Crippen molar-refractivity contribution in [2.24, 2.45) is 0 Å². The third kappa shape index (κ3) is 4.42. The minimum atomic E-state index is -0.841. The molecule has 3 rings (SSSR count). The Morgan fingerprint density at radius 3 is 2.27 bits per heavy atom. The largest absolute Gasteiger partial charge is 0.497 e. The topological polar surface area (TPSA) is 84.9 Å². The van der Waals surface area contributed by atoms with Gasteiger partial charge in [0.05, 0.1) is 29.4 Å². The Morgan fingerprint density at radius 1 is 1.07 bits per heavy atom. The van der Waals surface area contributed by atoms with Crippen LogP contribution in [0.2, 0.25) is 10.0 Å². The molecule has 0 unspecified atom stereocenters. The predicted octanol–water partition coefficient (Wildman–Crippen LogP) is 4.46. The van der Waals surface area contributed by atoms with Crippen LogP contribution in [0, 0.1) is 0 Å². The molecule has 0 atom stereocenters. The van der Waals surface area contributed by atoms with Crippen LogP contribution in [0.15, 0.2) is 42.0 Å². The molecule has 0 aliphatic carbocycles. The normalized spacial score (nSPS) is 15.4. The molecule has 1 fully saturated rings. The molecule has 0 bridgehead atoms. The number of methoxy groups -OCH3 is 1. The molecule has 30 heavy (non-hydrogen) atoms. The number of halogens is 2. The first-order valence-electron chi connectivity index (χ1n) is 9.03. The summed E-state index contributed by atoms with van der Waals surface area (Å²) in [5.41, 5.74) is 0.465. The average molecular weight is 449 g/mol. The summed E-state index contributed by atoms with van der Waals surface area (Å²) < 4.78 is 10.6. The van der Waals surface area contributed by atoms with Gasteiger partial charge in [0.15, 0.2) is 5.75 Å². The van der Waals surface area contributed by atoms with Gasteiger partial charge in [0.2, 0.25) is 0 Å². The van der Waals surface area contributed by atoms with Gasteiger partial charge in [-0.05, 0) is 54.5 Å². The van der Waals surface area contributed by atoms with E-state index in [1.807, 2.05) is 6.92 Å². The molecule has 1 saturated heterocycles. The SMILES string of the molecule is CCCOc1c(Cl)cc(/C=C2\C(=O)NC(=O)N(c3ccc(OC)cc3)C2=O)cc1Cl. The molecule has 1 heterocycles. The zero-order chi connectivity index (χ0) is 21.8. The van der Waals surface area contributed by atoms with Gasteiger partial charge in [-0.3, -0.25) is 14.9 Å². The Kier molecular flexibility index (Phi) is 6.64. The Labute approximate surface area is 183 Å². The van der Waals surface area contributed by atoms with Crippen LogP contribution in [0.3, 0.4) is 0 Å². The summed E-state index contributed by atoms with van der Waals surface area (Å²) in [4.78, 5) is 38.4. The summed E-state index contributed by atoms with van der Waals surface area (Å²) in [5.74, 6) is -0.692. The van der Waals surface area contributed by atoms with E-state index in [0.717, 1.165) is 11.3 Å². The monoisotopic (exact) mass is 448 g/mol. The molecule has 0 radical (unpaired) electrons. The second kappa shape index (κ2) is 9.19. The predicted molar refractivity (Wildman–Crippen MR) is 114 cm³/mol. The number of nitrogens with zero attached hydrogens (tertiary/aromatic N) is 1. The highest BCUT2D eigenvalue weighted by molar-refractivity contribution is 6.40. The number of imide groups is 2. The lowest BCUT2D eigenvalue weighted by atomic mass is 10.1. The number of nitrogens with one attached hydrogen (secondary N) is 1. The van der Waals surface area contributed by atoms with Gasteiger partial charge in [0.25, 0.3) is 11.8 Å². The quantitative estimate of drug-likeness (QED) is 0.520. The lowest BCUT2D eigenvalue weighted by molar-refractivity contribution is -0.122. The molecular weight excluding hydrogens is 431 g/mol. The van der Waals surface area contributed by atoms with E-state index in [0.29, 0.717) is 23.7 Å². The van der Waals surface area contributed by atoms with Gasteiger partial charge in [0, 0.05) is 0 Å². The lowest BCUT2D eigenvalue weighted by Gasteiger charge is -2.26. The smallest absolute Gasteiger partial charge is 0.335 e. The number of hydrogen-bond donors (Lipinski definition) is 1. The first-order chi connectivity index (χ1) is 14.3. The molecule has 0 saturated carbocycles. The van der Waals surface area contributed by atoms with Crippen molar-refractivity contribution >= 4 is 52.8 Å². The van der Waals surface area contributed by atoms with Crippen molar-refractivity contribution in [1.29, 1.82) is 0 Å². The third-order valence-electron chi connectivity index (χ3n) is 4.21. The zero-order valence-corrected chi connectivity index (χ0v) is 17.7. The molecule has 4 amide bonds. The number of hydrogen-bond acceptors (Lipinski definition) is 5. The maximum absolute atomic E-state index is 12.9. The summed E-state index contributed by atoms with van der Waals surface area (Å²) in [6.07, 6.45) is 2.10. The Bertz CT molecular complexity index is 1010.